The zero-order chi connectivity index (χ0) is 11.4. The van der Waals surface area contributed by atoms with Crippen molar-refractivity contribution in [3.63, 3.8) is 0 Å². The molecule has 0 saturated carbocycles. The summed E-state index contributed by atoms with van der Waals surface area (Å²) in [6.45, 7) is 0.373. The fraction of sp³-hybridized carbons (Fsp3) is 0.300. The van der Waals surface area contributed by atoms with Crippen LogP contribution in [0.4, 0.5) is 5.95 Å². The van der Waals surface area contributed by atoms with Crippen molar-refractivity contribution in [3.8, 4) is 0 Å². The average molecular weight is 219 g/mol. The molecule has 0 aliphatic carbocycles. The zero-order valence-electron chi connectivity index (χ0n) is 8.91. The Balaban J connectivity index is 1.94. The molecule has 1 unspecified atom stereocenters. The average Bonchev–Trinajstić information content (AvgIpc) is 2.73. The molecular formula is C10H13N5O. The molecule has 0 aliphatic rings. The van der Waals surface area contributed by atoms with E-state index in [9.17, 15) is 5.11 Å². The zero-order valence-corrected chi connectivity index (χ0v) is 8.91. The predicted octanol–water partition coefficient (Wildman–Crippen LogP) is 0.356. The van der Waals surface area contributed by atoms with Gasteiger partial charge in [0.15, 0.2) is 0 Å². The molecule has 2 aromatic rings. The number of anilines is 1. The summed E-state index contributed by atoms with van der Waals surface area (Å²) in [5.74, 6) is 0.537. The van der Waals surface area contributed by atoms with Gasteiger partial charge < -0.3 is 10.4 Å². The van der Waals surface area contributed by atoms with Gasteiger partial charge in [-0.25, -0.2) is 4.68 Å². The second-order valence-corrected chi connectivity index (χ2v) is 3.43. The van der Waals surface area contributed by atoms with Crippen molar-refractivity contribution in [2.24, 2.45) is 7.05 Å². The molecule has 0 amide bonds. The lowest BCUT2D eigenvalue weighted by Gasteiger charge is -2.11. The summed E-state index contributed by atoms with van der Waals surface area (Å²) in [6.07, 6.45) is -0.571. The number of benzene rings is 1. The second kappa shape index (κ2) is 4.71. The Hall–Kier alpha value is -1.95. The van der Waals surface area contributed by atoms with Gasteiger partial charge in [-0.15, -0.1) is 0 Å². The highest BCUT2D eigenvalue weighted by Gasteiger charge is 2.08. The summed E-state index contributed by atoms with van der Waals surface area (Å²) in [4.78, 5) is 0. The third-order valence-electron chi connectivity index (χ3n) is 2.26. The number of hydrogen-bond acceptors (Lipinski definition) is 5. The van der Waals surface area contributed by atoms with Crippen LogP contribution in [0.15, 0.2) is 30.3 Å². The highest BCUT2D eigenvalue weighted by Crippen LogP contribution is 2.12. The van der Waals surface area contributed by atoms with Crippen LogP contribution in [-0.2, 0) is 7.05 Å². The number of aryl methyl sites for hydroxylation is 1. The van der Waals surface area contributed by atoms with Crippen LogP contribution in [-0.4, -0.2) is 31.9 Å². The molecular weight excluding hydrogens is 206 g/mol. The van der Waals surface area contributed by atoms with Crippen molar-refractivity contribution in [1.82, 2.24) is 20.2 Å². The first-order valence-corrected chi connectivity index (χ1v) is 4.96. The predicted molar refractivity (Wildman–Crippen MR) is 58.7 cm³/mol. The van der Waals surface area contributed by atoms with Crippen LogP contribution in [0.5, 0.6) is 0 Å². The smallest absolute Gasteiger partial charge is 0.242 e. The molecule has 6 nitrogen and oxygen atoms in total. The van der Waals surface area contributed by atoms with Crippen molar-refractivity contribution >= 4 is 5.95 Å². The summed E-state index contributed by atoms with van der Waals surface area (Å²) < 4.78 is 1.51. The molecule has 0 saturated heterocycles. The first-order valence-electron chi connectivity index (χ1n) is 4.96. The molecule has 1 atom stereocenters. The summed E-state index contributed by atoms with van der Waals surface area (Å²) >= 11 is 0. The molecule has 6 heteroatoms. The van der Waals surface area contributed by atoms with E-state index < -0.39 is 6.10 Å². The third-order valence-corrected chi connectivity index (χ3v) is 2.26. The van der Waals surface area contributed by atoms with E-state index in [2.05, 4.69) is 20.8 Å². The van der Waals surface area contributed by atoms with E-state index >= 15 is 0 Å². The summed E-state index contributed by atoms with van der Waals surface area (Å²) in [5, 5.41) is 23.8. The van der Waals surface area contributed by atoms with Crippen molar-refractivity contribution in [2.75, 3.05) is 11.9 Å². The summed E-state index contributed by atoms with van der Waals surface area (Å²) in [5.41, 5.74) is 0.866. The first kappa shape index (κ1) is 10.6. The maximum Gasteiger partial charge on any atom is 0.242 e. The van der Waals surface area contributed by atoms with Gasteiger partial charge in [0.1, 0.15) is 0 Å². The Bertz CT molecular complexity index is 441. The minimum absolute atomic E-state index is 0.373. The molecule has 2 rings (SSSR count). The minimum atomic E-state index is -0.571. The maximum atomic E-state index is 9.87. The number of nitrogens with one attached hydrogen (secondary N) is 1. The Morgan fingerprint density at radius 1 is 1.38 bits per heavy atom. The highest BCUT2D eigenvalue weighted by molar-refractivity contribution is 5.24. The van der Waals surface area contributed by atoms with E-state index in [1.807, 2.05) is 30.3 Å². The summed E-state index contributed by atoms with van der Waals surface area (Å²) in [6, 6.07) is 9.45. The van der Waals surface area contributed by atoms with Crippen LogP contribution in [0, 0.1) is 0 Å². The maximum absolute atomic E-state index is 9.87. The quantitative estimate of drug-likeness (QED) is 0.776. The van der Waals surface area contributed by atoms with Gasteiger partial charge in [0, 0.05) is 13.6 Å². The van der Waals surface area contributed by atoms with E-state index in [0.29, 0.717) is 12.5 Å². The topological polar surface area (TPSA) is 75.9 Å². The Morgan fingerprint density at radius 2 is 2.12 bits per heavy atom. The molecule has 1 aromatic carbocycles. The van der Waals surface area contributed by atoms with Gasteiger partial charge in [-0.2, -0.15) is 0 Å². The van der Waals surface area contributed by atoms with Crippen LogP contribution in [0.1, 0.15) is 11.7 Å². The molecule has 0 aliphatic heterocycles. The van der Waals surface area contributed by atoms with E-state index in [1.165, 1.54) is 4.68 Å². The van der Waals surface area contributed by atoms with Crippen LogP contribution >= 0.6 is 0 Å². The molecule has 0 radical (unpaired) electrons. The van der Waals surface area contributed by atoms with Crippen LogP contribution < -0.4 is 5.32 Å². The molecule has 2 N–H and O–H groups in total. The van der Waals surface area contributed by atoms with E-state index in [1.54, 1.807) is 7.05 Å². The number of aliphatic hydroxyl groups excluding tert-OH is 1. The SMILES string of the molecule is Cn1nnnc1NCC(O)c1ccccc1. The van der Waals surface area contributed by atoms with Crippen LogP contribution in [0.2, 0.25) is 0 Å². The van der Waals surface area contributed by atoms with E-state index in [4.69, 9.17) is 0 Å². The number of hydrogen-bond donors (Lipinski definition) is 2. The standard InChI is InChI=1S/C10H13N5O/c1-15-10(12-13-14-15)11-7-9(16)8-5-3-2-4-6-8/h2-6,9,16H,7H2,1H3,(H,11,12,14). The highest BCUT2D eigenvalue weighted by atomic mass is 16.3. The molecule has 16 heavy (non-hydrogen) atoms. The van der Waals surface area contributed by atoms with Crippen molar-refractivity contribution in [3.05, 3.63) is 35.9 Å². The normalized spacial score (nSPS) is 12.4. The Kier molecular flexibility index (Phi) is 3.11. The van der Waals surface area contributed by atoms with Gasteiger partial charge in [0.05, 0.1) is 6.10 Å². The lowest BCUT2D eigenvalue weighted by Crippen LogP contribution is -2.14. The lowest BCUT2D eigenvalue weighted by molar-refractivity contribution is 0.191. The Labute approximate surface area is 92.9 Å². The molecule has 84 valence electrons. The molecule has 1 heterocycles. The fourth-order valence-corrected chi connectivity index (χ4v) is 1.36. The van der Waals surface area contributed by atoms with Crippen molar-refractivity contribution in [2.45, 2.75) is 6.10 Å². The number of aromatic nitrogens is 4. The van der Waals surface area contributed by atoms with Gasteiger partial charge >= 0.3 is 0 Å². The van der Waals surface area contributed by atoms with Crippen molar-refractivity contribution < 1.29 is 5.11 Å². The number of rotatable bonds is 4. The Morgan fingerprint density at radius 3 is 2.75 bits per heavy atom. The molecule has 0 fully saturated rings. The van der Waals surface area contributed by atoms with Crippen molar-refractivity contribution in [1.29, 1.82) is 0 Å². The largest absolute Gasteiger partial charge is 0.387 e. The van der Waals surface area contributed by atoms with E-state index in [-0.39, 0.29) is 0 Å². The molecule has 0 spiro atoms. The minimum Gasteiger partial charge on any atom is -0.387 e. The lowest BCUT2D eigenvalue weighted by atomic mass is 10.1. The summed E-state index contributed by atoms with van der Waals surface area (Å²) in [7, 11) is 1.73. The fourth-order valence-electron chi connectivity index (χ4n) is 1.36. The first-order chi connectivity index (χ1) is 7.77. The van der Waals surface area contributed by atoms with Gasteiger partial charge in [-0.05, 0) is 16.0 Å². The number of aliphatic hydroxyl groups is 1. The van der Waals surface area contributed by atoms with Gasteiger partial charge in [-0.1, -0.05) is 35.4 Å². The van der Waals surface area contributed by atoms with Gasteiger partial charge in [-0.3, -0.25) is 0 Å². The number of tetrazole rings is 1. The second-order valence-electron chi connectivity index (χ2n) is 3.43. The van der Waals surface area contributed by atoms with Crippen LogP contribution in [0.25, 0.3) is 0 Å². The van der Waals surface area contributed by atoms with Crippen LogP contribution in [0.3, 0.4) is 0 Å². The molecule has 0 bridgehead atoms. The number of nitrogens with zero attached hydrogens (tertiary/aromatic N) is 4. The monoisotopic (exact) mass is 219 g/mol. The van der Waals surface area contributed by atoms with E-state index in [0.717, 1.165) is 5.56 Å². The molecule has 1 aromatic heterocycles. The van der Waals surface area contributed by atoms with Gasteiger partial charge in [0.25, 0.3) is 0 Å². The third kappa shape index (κ3) is 2.34. The van der Waals surface area contributed by atoms with Gasteiger partial charge in [0.2, 0.25) is 5.95 Å².